The highest BCUT2D eigenvalue weighted by Crippen LogP contribution is 2.05. The average Bonchev–Trinajstić information content (AvgIpc) is 2.70. The average molecular weight is 241 g/mol. The lowest BCUT2D eigenvalue weighted by Crippen LogP contribution is -2.36. The van der Waals surface area contributed by atoms with Gasteiger partial charge < -0.3 is 5.32 Å². The number of hydrogen-bond donors (Lipinski definition) is 2. The van der Waals surface area contributed by atoms with Gasteiger partial charge in [0.15, 0.2) is 0 Å². The van der Waals surface area contributed by atoms with Crippen LogP contribution in [0.2, 0.25) is 0 Å². The molecule has 1 aromatic rings. The topological polar surface area (TPSA) is 71.1 Å². The monoisotopic (exact) mass is 241 g/mol. The summed E-state index contributed by atoms with van der Waals surface area (Å²) in [6.07, 6.45) is 4.06. The minimum atomic E-state index is -3.25. The van der Waals surface area contributed by atoms with Gasteiger partial charge in [-0.3, -0.25) is 4.98 Å². The maximum Gasteiger partial charge on any atom is 0.216 e. The van der Waals surface area contributed by atoms with Crippen molar-refractivity contribution in [3.05, 3.63) is 30.1 Å². The predicted molar refractivity (Wildman–Crippen MR) is 61.3 cm³/mol. The van der Waals surface area contributed by atoms with Crippen molar-refractivity contribution in [2.75, 3.05) is 13.1 Å². The fraction of sp³-hybridized carbons (Fsp3) is 0.500. The van der Waals surface area contributed by atoms with Crippen molar-refractivity contribution in [2.45, 2.75) is 18.2 Å². The Morgan fingerprint density at radius 3 is 3.06 bits per heavy atom. The summed E-state index contributed by atoms with van der Waals surface area (Å²) < 4.78 is 26.3. The summed E-state index contributed by atoms with van der Waals surface area (Å²) in [7, 11) is -3.25. The second kappa shape index (κ2) is 4.90. The zero-order valence-corrected chi connectivity index (χ0v) is 9.70. The van der Waals surface area contributed by atoms with Gasteiger partial charge in [-0.05, 0) is 24.6 Å². The standard InChI is InChI=1S/C10H15N3O2S/c14-16(15,13-10-3-5-12-7-10)8-9-2-1-4-11-6-9/h1-2,4,6,10,12-13H,3,5,7-8H2. The molecule has 0 spiro atoms. The Labute approximate surface area is 95.3 Å². The highest BCUT2D eigenvalue weighted by Gasteiger charge is 2.21. The summed E-state index contributed by atoms with van der Waals surface area (Å²) in [5.74, 6) is -0.00264. The van der Waals surface area contributed by atoms with Gasteiger partial charge in [-0.15, -0.1) is 0 Å². The molecule has 6 heteroatoms. The van der Waals surface area contributed by atoms with Crippen LogP contribution < -0.4 is 10.0 Å². The zero-order chi connectivity index (χ0) is 11.4. The molecule has 0 saturated carbocycles. The van der Waals surface area contributed by atoms with Gasteiger partial charge in [0.25, 0.3) is 0 Å². The number of pyridine rings is 1. The molecule has 2 heterocycles. The minimum absolute atomic E-state index is 0.00264. The molecule has 0 amide bonds. The molecule has 0 bridgehead atoms. The molecule has 0 radical (unpaired) electrons. The largest absolute Gasteiger partial charge is 0.315 e. The summed E-state index contributed by atoms with van der Waals surface area (Å²) in [6, 6.07) is 3.53. The van der Waals surface area contributed by atoms with E-state index in [9.17, 15) is 8.42 Å². The van der Waals surface area contributed by atoms with Crippen molar-refractivity contribution in [3.8, 4) is 0 Å². The van der Waals surface area contributed by atoms with E-state index in [4.69, 9.17) is 0 Å². The van der Waals surface area contributed by atoms with Crippen molar-refractivity contribution in [3.63, 3.8) is 0 Å². The van der Waals surface area contributed by atoms with Crippen LogP contribution in [-0.4, -0.2) is 32.5 Å². The van der Waals surface area contributed by atoms with Crippen molar-refractivity contribution >= 4 is 10.0 Å². The Bertz CT molecular complexity index is 427. The first-order valence-corrected chi connectivity index (χ1v) is 6.90. The first-order chi connectivity index (χ1) is 7.66. The van der Waals surface area contributed by atoms with Crippen molar-refractivity contribution in [1.29, 1.82) is 0 Å². The molecule has 1 aliphatic rings. The van der Waals surface area contributed by atoms with Crippen LogP contribution >= 0.6 is 0 Å². The van der Waals surface area contributed by atoms with E-state index >= 15 is 0 Å². The van der Waals surface area contributed by atoms with Crippen LogP contribution in [0.5, 0.6) is 0 Å². The van der Waals surface area contributed by atoms with Gasteiger partial charge in [-0.25, -0.2) is 13.1 Å². The highest BCUT2D eigenvalue weighted by atomic mass is 32.2. The highest BCUT2D eigenvalue weighted by molar-refractivity contribution is 7.88. The van der Waals surface area contributed by atoms with Crippen LogP contribution in [0.3, 0.4) is 0 Å². The summed E-state index contributed by atoms with van der Waals surface area (Å²) in [4.78, 5) is 3.90. The number of nitrogens with zero attached hydrogens (tertiary/aromatic N) is 1. The smallest absolute Gasteiger partial charge is 0.216 e. The van der Waals surface area contributed by atoms with Crippen molar-refractivity contribution in [1.82, 2.24) is 15.0 Å². The first kappa shape index (κ1) is 11.5. The molecule has 16 heavy (non-hydrogen) atoms. The lowest BCUT2D eigenvalue weighted by molar-refractivity contribution is 0.559. The third kappa shape index (κ3) is 3.26. The van der Waals surface area contributed by atoms with Gasteiger partial charge in [-0.2, -0.15) is 0 Å². The molecule has 1 aliphatic heterocycles. The quantitative estimate of drug-likeness (QED) is 0.770. The van der Waals surface area contributed by atoms with Crippen LogP contribution in [0.4, 0.5) is 0 Å². The molecule has 1 atom stereocenters. The van der Waals surface area contributed by atoms with Crippen molar-refractivity contribution < 1.29 is 8.42 Å². The predicted octanol–water partition coefficient (Wildman–Crippen LogP) is -0.137. The van der Waals surface area contributed by atoms with E-state index in [1.807, 2.05) is 0 Å². The summed E-state index contributed by atoms with van der Waals surface area (Å²) in [5.41, 5.74) is 0.709. The molecule has 1 saturated heterocycles. The molecule has 88 valence electrons. The molecule has 2 N–H and O–H groups in total. The number of rotatable bonds is 4. The molecular weight excluding hydrogens is 226 g/mol. The second-order valence-electron chi connectivity index (χ2n) is 3.93. The van der Waals surface area contributed by atoms with Gasteiger partial charge >= 0.3 is 0 Å². The minimum Gasteiger partial charge on any atom is -0.315 e. The third-order valence-electron chi connectivity index (χ3n) is 2.49. The maximum atomic E-state index is 11.8. The zero-order valence-electron chi connectivity index (χ0n) is 8.89. The van der Waals surface area contributed by atoms with E-state index < -0.39 is 10.0 Å². The summed E-state index contributed by atoms with van der Waals surface area (Å²) in [5, 5.41) is 3.12. The lowest BCUT2D eigenvalue weighted by atomic mass is 10.3. The maximum absolute atomic E-state index is 11.8. The SMILES string of the molecule is O=S(=O)(Cc1cccnc1)NC1CCNC1. The fourth-order valence-electron chi connectivity index (χ4n) is 1.75. The van der Waals surface area contributed by atoms with Crippen LogP contribution in [0.1, 0.15) is 12.0 Å². The van der Waals surface area contributed by atoms with Gasteiger partial charge in [0, 0.05) is 25.0 Å². The molecule has 5 nitrogen and oxygen atoms in total. The number of aromatic nitrogens is 1. The molecule has 0 aliphatic carbocycles. The number of nitrogens with one attached hydrogen (secondary N) is 2. The van der Waals surface area contributed by atoms with E-state index in [2.05, 4.69) is 15.0 Å². The van der Waals surface area contributed by atoms with Gasteiger partial charge in [0.2, 0.25) is 10.0 Å². The van der Waals surface area contributed by atoms with E-state index in [-0.39, 0.29) is 11.8 Å². The van der Waals surface area contributed by atoms with Gasteiger partial charge in [0.1, 0.15) is 0 Å². The number of hydrogen-bond acceptors (Lipinski definition) is 4. The Hall–Kier alpha value is -0.980. The van der Waals surface area contributed by atoms with Crippen LogP contribution in [-0.2, 0) is 15.8 Å². The van der Waals surface area contributed by atoms with Crippen molar-refractivity contribution in [2.24, 2.45) is 0 Å². The lowest BCUT2D eigenvalue weighted by Gasteiger charge is -2.11. The summed E-state index contributed by atoms with van der Waals surface area (Å²) >= 11 is 0. The Morgan fingerprint density at radius 1 is 1.56 bits per heavy atom. The van der Waals surface area contributed by atoms with Gasteiger partial charge in [0.05, 0.1) is 5.75 Å². The molecular formula is C10H15N3O2S. The molecule has 1 aromatic heterocycles. The molecule has 0 aromatic carbocycles. The first-order valence-electron chi connectivity index (χ1n) is 5.25. The van der Waals surface area contributed by atoms with Gasteiger partial charge in [-0.1, -0.05) is 6.07 Å². The van der Waals surface area contributed by atoms with E-state index in [0.29, 0.717) is 12.1 Å². The van der Waals surface area contributed by atoms with Crippen LogP contribution in [0.25, 0.3) is 0 Å². The Balaban J connectivity index is 1.97. The van der Waals surface area contributed by atoms with E-state index in [1.54, 1.807) is 24.5 Å². The normalized spacial score (nSPS) is 21.1. The summed E-state index contributed by atoms with van der Waals surface area (Å²) in [6.45, 7) is 1.59. The second-order valence-corrected chi connectivity index (χ2v) is 5.68. The Kier molecular flexibility index (Phi) is 3.52. The number of sulfonamides is 1. The van der Waals surface area contributed by atoms with Crippen LogP contribution in [0, 0.1) is 0 Å². The molecule has 2 rings (SSSR count). The molecule has 1 unspecified atom stereocenters. The van der Waals surface area contributed by atoms with E-state index in [0.717, 1.165) is 13.0 Å². The van der Waals surface area contributed by atoms with Crippen LogP contribution in [0.15, 0.2) is 24.5 Å². The Morgan fingerprint density at radius 2 is 2.44 bits per heavy atom. The molecule has 1 fully saturated rings. The third-order valence-corrected chi connectivity index (χ3v) is 3.89. The fourth-order valence-corrected chi connectivity index (χ4v) is 3.16. The van der Waals surface area contributed by atoms with E-state index in [1.165, 1.54) is 0 Å².